The van der Waals surface area contributed by atoms with Gasteiger partial charge in [-0.25, -0.2) is 0 Å². The van der Waals surface area contributed by atoms with Gasteiger partial charge in [0.1, 0.15) is 5.75 Å². The Balaban J connectivity index is 1.53. The standard InChI is InChI=1S/C22H16ClF3N2O2/c1-13-2-5-15(10-27-13)16-8-17-12-28(21(29)20(17)19(23)9-16)11-14-3-6-18(7-4-14)30-22(24,25)26/h2-10H,11-12H2,1H3. The third kappa shape index (κ3) is 4.26. The summed E-state index contributed by atoms with van der Waals surface area (Å²) in [6.45, 7) is 2.51. The maximum Gasteiger partial charge on any atom is 0.573 e. The van der Waals surface area contributed by atoms with Gasteiger partial charge >= 0.3 is 6.36 Å². The van der Waals surface area contributed by atoms with Crippen LogP contribution in [0, 0.1) is 6.92 Å². The molecule has 2 aromatic carbocycles. The molecular formula is C22H16ClF3N2O2. The lowest BCUT2D eigenvalue weighted by molar-refractivity contribution is -0.274. The molecule has 154 valence electrons. The zero-order valence-corrected chi connectivity index (χ0v) is 16.6. The number of amides is 1. The zero-order chi connectivity index (χ0) is 21.5. The molecule has 0 N–H and O–H groups in total. The number of carbonyl (C=O) groups excluding carboxylic acids is 1. The SMILES string of the molecule is Cc1ccc(-c2cc(Cl)c3c(c2)CN(Cc2ccc(OC(F)(F)F)cc2)C3=O)cn1. The van der Waals surface area contributed by atoms with Gasteiger partial charge in [-0.3, -0.25) is 9.78 Å². The molecule has 0 unspecified atom stereocenters. The van der Waals surface area contributed by atoms with Crippen LogP contribution in [0.1, 0.15) is 27.2 Å². The van der Waals surface area contributed by atoms with Crippen molar-refractivity contribution in [3.05, 3.63) is 82.1 Å². The van der Waals surface area contributed by atoms with Gasteiger partial charge in [-0.05, 0) is 53.9 Å². The van der Waals surface area contributed by atoms with Gasteiger partial charge in [0, 0.05) is 30.5 Å². The van der Waals surface area contributed by atoms with E-state index in [0.717, 1.165) is 22.4 Å². The highest BCUT2D eigenvalue weighted by Crippen LogP contribution is 2.35. The summed E-state index contributed by atoms with van der Waals surface area (Å²) in [5.41, 5.74) is 4.62. The monoisotopic (exact) mass is 432 g/mol. The smallest absolute Gasteiger partial charge is 0.406 e. The van der Waals surface area contributed by atoms with E-state index in [4.69, 9.17) is 11.6 Å². The van der Waals surface area contributed by atoms with E-state index in [1.807, 2.05) is 25.1 Å². The van der Waals surface area contributed by atoms with Crippen LogP contribution in [0.3, 0.4) is 0 Å². The van der Waals surface area contributed by atoms with Gasteiger partial charge in [-0.1, -0.05) is 29.8 Å². The second-order valence-electron chi connectivity index (χ2n) is 7.03. The highest BCUT2D eigenvalue weighted by atomic mass is 35.5. The number of pyridine rings is 1. The van der Waals surface area contributed by atoms with Crippen LogP contribution in [0.15, 0.2) is 54.7 Å². The predicted molar refractivity (Wildman–Crippen MR) is 106 cm³/mol. The average molecular weight is 433 g/mol. The lowest BCUT2D eigenvalue weighted by atomic mass is 10.0. The Bertz CT molecular complexity index is 1100. The van der Waals surface area contributed by atoms with E-state index in [-0.39, 0.29) is 18.2 Å². The number of carbonyl (C=O) groups is 1. The highest BCUT2D eigenvalue weighted by Gasteiger charge is 2.32. The lowest BCUT2D eigenvalue weighted by Gasteiger charge is -2.16. The van der Waals surface area contributed by atoms with Crippen molar-refractivity contribution < 1.29 is 22.7 Å². The summed E-state index contributed by atoms with van der Waals surface area (Å²) >= 11 is 6.41. The summed E-state index contributed by atoms with van der Waals surface area (Å²) in [5, 5.41) is 0.365. The summed E-state index contributed by atoms with van der Waals surface area (Å²) in [7, 11) is 0. The Labute approximate surface area is 175 Å². The van der Waals surface area contributed by atoms with Crippen molar-refractivity contribution in [2.24, 2.45) is 0 Å². The first-order valence-corrected chi connectivity index (χ1v) is 9.47. The Morgan fingerprint density at radius 1 is 1.10 bits per heavy atom. The van der Waals surface area contributed by atoms with E-state index in [9.17, 15) is 18.0 Å². The molecule has 3 aromatic rings. The molecule has 4 rings (SSSR count). The molecule has 0 fully saturated rings. The molecule has 0 radical (unpaired) electrons. The number of ether oxygens (including phenoxy) is 1. The predicted octanol–water partition coefficient (Wildman–Crippen LogP) is 5.77. The zero-order valence-electron chi connectivity index (χ0n) is 15.8. The Morgan fingerprint density at radius 3 is 2.47 bits per heavy atom. The second-order valence-corrected chi connectivity index (χ2v) is 7.44. The van der Waals surface area contributed by atoms with Crippen LogP contribution in [0.25, 0.3) is 11.1 Å². The minimum Gasteiger partial charge on any atom is -0.406 e. The van der Waals surface area contributed by atoms with Crippen molar-refractivity contribution in [1.29, 1.82) is 0 Å². The summed E-state index contributed by atoms with van der Waals surface area (Å²) < 4.78 is 40.8. The van der Waals surface area contributed by atoms with E-state index < -0.39 is 6.36 Å². The number of nitrogens with zero attached hydrogens (tertiary/aromatic N) is 2. The van der Waals surface area contributed by atoms with Crippen LogP contribution in [0.4, 0.5) is 13.2 Å². The Kier molecular flexibility index (Phi) is 5.15. The van der Waals surface area contributed by atoms with Gasteiger partial charge in [-0.2, -0.15) is 0 Å². The topological polar surface area (TPSA) is 42.4 Å². The van der Waals surface area contributed by atoms with Gasteiger partial charge in [0.05, 0.1) is 10.6 Å². The number of aromatic nitrogens is 1. The first-order chi connectivity index (χ1) is 14.2. The molecule has 2 heterocycles. The fourth-order valence-electron chi connectivity index (χ4n) is 3.41. The fourth-order valence-corrected chi connectivity index (χ4v) is 3.73. The number of aryl methyl sites for hydroxylation is 1. The maximum absolute atomic E-state index is 12.8. The van der Waals surface area contributed by atoms with Crippen LogP contribution >= 0.6 is 11.6 Å². The largest absolute Gasteiger partial charge is 0.573 e. The molecule has 0 atom stereocenters. The van der Waals surface area contributed by atoms with Gasteiger partial charge in [-0.15, -0.1) is 13.2 Å². The molecule has 0 spiro atoms. The van der Waals surface area contributed by atoms with Gasteiger partial charge in [0.2, 0.25) is 0 Å². The highest BCUT2D eigenvalue weighted by molar-refractivity contribution is 6.34. The van der Waals surface area contributed by atoms with E-state index in [1.54, 1.807) is 17.2 Å². The van der Waals surface area contributed by atoms with E-state index in [1.165, 1.54) is 24.3 Å². The van der Waals surface area contributed by atoms with Crippen LogP contribution in [-0.2, 0) is 13.1 Å². The van der Waals surface area contributed by atoms with Crippen LogP contribution in [0.5, 0.6) is 5.75 Å². The lowest BCUT2D eigenvalue weighted by Crippen LogP contribution is -2.23. The van der Waals surface area contributed by atoms with Gasteiger partial charge in [0.15, 0.2) is 0 Å². The maximum atomic E-state index is 12.8. The number of benzene rings is 2. The van der Waals surface area contributed by atoms with E-state index in [0.29, 0.717) is 22.7 Å². The molecule has 0 bridgehead atoms. The number of halogens is 4. The van der Waals surface area contributed by atoms with Crippen molar-refractivity contribution in [3.63, 3.8) is 0 Å². The average Bonchev–Trinajstić information content (AvgIpc) is 2.98. The second kappa shape index (κ2) is 7.65. The third-order valence-electron chi connectivity index (χ3n) is 4.81. The van der Waals surface area contributed by atoms with E-state index >= 15 is 0 Å². The molecule has 30 heavy (non-hydrogen) atoms. The molecule has 0 saturated heterocycles. The first-order valence-electron chi connectivity index (χ1n) is 9.09. The summed E-state index contributed by atoms with van der Waals surface area (Å²) in [4.78, 5) is 18.7. The molecule has 1 amide bonds. The molecule has 8 heteroatoms. The van der Waals surface area contributed by atoms with Crippen molar-refractivity contribution in [2.75, 3.05) is 0 Å². The Morgan fingerprint density at radius 2 is 1.83 bits per heavy atom. The number of alkyl halides is 3. The van der Waals surface area contributed by atoms with Crippen LogP contribution in [-0.4, -0.2) is 22.2 Å². The number of rotatable bonds is 4. The molecular weight excluding hydrogens is 417 g/mol. The van der Waals surface area contributed by atoms with Crippen LogP contribution < -0.4 is 4.74 Å². The molecule has 0 saturated carbocycles. The minimum absolute atomic E-state index is 0.209. The normalized spacial score (nSPS) is 13.5. The van der Waals surface area contributed by atoms with Crippen LogP contribution in [0.2, 0.25) is 5.02 Å². The third-order valence-corrected chi connectivity index (χ3v) is 5.11. The number of hydrogen-bond donors (Lipinski definition) is 0. The first kappa shape index (κ1) is 20.2. The molecule has 1 aliphatic heterocycles. The summed E-state index contributed by atoms with van der Waals surface area (Å²) in [6.07, 6.45) is -2.98. The fraction of sp³-hybridized carbons (Fsp3) is 0.182. The van der Waals surface area contributed by atoms with E-state index in [2.05, 4.69) is 9.72 Å². The van der Waals surface area contributed by atoms with Gasteiger partial charge < -0.3 is 9.64 Å². The molecule has 4 nitrogen and oxygen atoms in total. The number of hydrogen-bond acceptors (Lipinski definition) is 3. The van der Waals surface area contributed by atoms with Crippen molar-refractivity contribution >= 4 is 17.5 Å². The summed E-state index contributed by atoms with van der Waals surface area (Å²) in [6, 6.07) is 13.0. The van der Waals surface area contributed by atoms with Crippen molar-refractivity contribution in [3.8, 4) is 16.9 Å². The van der Waals surface area contributed by atoms with Gasteiger partial charge in [0.25, 0.3) is 5.91 Å². The molecule has 0 aliphatic carbocycles. The summed E-state index contributed by atoms with van der Waals surface area (Å²) in [5.74, 6) is -0.513. The minimum atomic E-state index is -4.74. The number of fused-ring (bicyclic) bond motifs is 1. The van der Waals surface area contributed by atoms with Crippen molar-refractivity contribution in [2.45, 2.75) is 26.4 Å². The van der Waals surface area contributed by atoms with Crippen molar-refractivity contribution in [1.82, 2.24) is 9.88 Å². The molecule has 1 aliphatic rings. The Hall–Kier alpha value is -3.06. The quantitative estimate of drug-likeness (QED) is 0.526. The molecule has 1 aromatic heterocycles.